The Morgan fingerprint density at radius 2 is 2.04 bits per heavy atom. The minimum atomic E-state index is -0.213. The first-order valence-corrected chi connectivity index (χ1v) is 9.28. The van der Waals surface area contributed by atoms with Gasteiger partial charge in [0.05, 0.1) is 5.69 Å². The molecule has 8 nitrogen and oxygen atoms in total. The van der Waals surface area contributed by atoms with Crippen LogP contribution in [0.2, 0.25) is 0 Å². The van der Waals surface area contributed by atoms with E-state index in [-0.39, 0.29) is 5.56 Å². The van der Waals surface area contributed by atoms with Gasteiger partial charge in [-0.25, -0.2) is 4.98 Å². The number of benzene rings is 1. The molecule has 0 aliphatic carbocycles. The Morgan fingerprint density at radius 3 is 2.79 bits per heavy atom. The molecule has 0 amide bonds. The van der Waals surface area contributed by atoms with E-state index in [1.165, 1.54) is 0 Å². The lowest BCUT2D eigenvalue weighted by Crippen LogP contribution is -2.15. The number of fused-ring (bicyclic) bond motifs is 1. The Labute approximate surface area is 161 Å². The van der Waals surface area contributed by atoms with Crippen molar-refractivity contribution in [1.29, 1.82) is 0 Å². The van der Waals surface area contributed by atoms with Gasteiger partial charge in [0, 0.05) is 24.7 Å². The number of hydrogen-bond donors (Lipinski definition) is 2. The van der Waals surface area contributed by atoms with Gasteiger partial charge >= 0.3 is 0 Å². The molecule has 0 atom stereocenters. The van der Waals surface area contributed by atoms with Crippen molar-refractivity contribution in [2.75, 3.05) is 5.32 Å². The van der Waals surface area contributed by atoms with E-state index in [1.807, 2.05) is 37.3 Å². The van der Waals surface area contributed by atoms with Crippen molar-refractivity contribution in [2.24, 2.45) is 7.05 Å². The first kappa shape index (κ1) is 18.0. The average molecular weight is 378 g/mol. The highest BCUT2D eigenvalue weighted by molar-refractivity contribution is 5.77. The zero-order valence-corrected chi connectivity index (χ0v) is 16.1. The summed E-state index contributed by atoms with van der Waals surface area (Å²) in [7, 11) is 1.76. The van der Waals surface area contributed by atoms with Gasteiger partial charge in [0.2, 0.25) is 5.95 Å². The van der Waals surface area contributed by atoms with Crippen LogP contribution < -0.4 is 10.9 Å². The normalized spacial score (nSPS) is 11.2. The molecule has 0 bridgehead atoms. The molecule has 0 unspecified atom stereocenters. The van der Waals surface area contributed by atoms with Gasteiger partial charge in [-0.2, -0.15) is 5.10 Å². The van der Waals surface area contributed by atoms with Crippen molar-refractivity contribution < 1.29 is 4.52 Å². The molecule has 3 aromatic heterocycles. The van der Waals surface area contributed by atoms with Crippen LogP contribution in [-0.2, 0) is 20.0 Å². The highest BCUT2D eigenvalue weighted by Gasteiger charge is 2.17. The number of hydrogen-bond acceptors (Lipinski definition) is 6. The summed E-state index contributed by atoms with van der Waals surface area (Å²) in [6, 6.07) is 9.85. The Balaban J connectivity index is 1.66. The summed E-state index contributed by atoms with van der Waals surface area (Å²) in [5.41, 5.74) is 4.43. The van der Waals surface area contributed by atoms with Crippen LogP contribution in [0.4, 0.5) is 5.95 Å². The molecule has 0 radical (unpaired) electrons. The molecular formula is C20H22N6O2. The van der Waals surface area contributed by atoms with Crippen molar-refractivity contribution in [3.05, 3.63) is 57.7 Å². The first-order valence-electron chi connectivity index (χ1n) is 9.28. The van der Waals surface area contributed by atoms with Gasteiger partial charge in [0.15, 0.2) is 5.52 Å². The quantitative estimate of drug-likeness (QED) is 0.534. The zero-order chi connectivity index (χ0) is 19.7. The maximum atomic E-state index is 12.5. The van der Waals surface area contributed by atoms with E-state index in [0.717, 1.165) is 41.1 Å². The van der Waals surface area contributed by atoms with Crippen molar-refractivity contribution in [1.82, 2.24) is 24.9 Å². The van der Waals surface area contributed by atoms with E-state index in [9.17, 15) is 4.79 Å². The van der Waals surface area contributed by atoms with Gasteiger partial charge in [-0.15, -0.1) is 0 Å². The van der Waals surface area contributed by atoms with Crippen LogP contribution in [0, 0.1) is 6.92 Å². The largest absolute Gasteiger partial charge is 0.361 e. The monoisotopic (exact) mass is 378 g/mol. The maximum Gasteiger partial charge on any atom is 0.278 e. The van der Waals surface area contributed by atoms with Gasteiger partial charge in [-0.05, 0) is 13.3 Å². The Kier molecular flexibility index (Phi) is 4.68. The molecule has 1 aromatic carbocycles. The molecular weight excluding hydrogens is 356 g/mol. The standard InChI is InChI=1S/C20H22N6O2/c1-4-8-15-17-18(26(3)24-15)19(27)23-20(22-17)21-11-14-12(2)28-25-16(14)13-9-6-5-7-10-13/h5-7,9-10H,4,8,11H2,1-3H3,(H2,21,22,23,27). The van der Waals surface area contributed by atoms with Crippen molar-refractivity contribution in [3.8, 4) is 11.3 Å². The lowest BCUT2D eigenvalue weighted by molar-refractivity contribution is 0.398. The Morgan fingerprint density at radius 1 is 1.25 bits per heavy atom. The second-order valence-electron chi connectivity index (χ2n) is 6.72. The van der Waals surface area contributed by atoms with Gasteiger partial charge in [0.25, 0.3) is 5.56 Å². The number of aryl methyl sites for hydroxylation is 3. The molecule has 4 rings (SSSR count). The van der Waals surface area contributed by atoms with E-state index in [0.29, 0.717) is 23.5 Å². The van der Waals surface area contributed by atoms with E-state index < -0.39 is 0 Å². The number of nitrogens with one attached hydrogen (secondary N) is 2. The summed E-state index contributed by atoms with van der Waals surface area (Å²) < 4.78 is 6.98. The third kappa shape index (κ3) is 3.17. The topological polar surface area (TPSA) is 102 Å². The fourth-order valence-electron chi connectivity index (χ4n) is 3.33. The second kappa shape index (κ2) is 7.30. The molecule has 3 heterocycles. The summed E-state index contributed by atoms with van der Waals surface area (Å²) in [4.78, 5) is 19.9. The third-order valence-corrected chi connectivity index (χ3v) is 4.71. The minimum absolute atomic E-state index is 0.213. The molecule has 144 valence electrons. The van der Waals surface area contributed by atoms with E-state index >= 15 is 0 Å². The average Bonchev–Trinajstić information content (AvgIpc) is 3.21. The first-order chi connectivity index (χ1) is 13.6. The molecule has 0 saturated heterocycles. The second-order valence-corrected chi connectivity index (χ2v) is 6.72. The molecule has 28 heavy (non-hydrogen) atoms. The summed E-state index contributed by atoms with van der Waals surface area (Å²) in [6.07, 6.45) is 1.71. The van der Waals surface area contributed by atoms with Gasteiger partial charge < -0.3 is 9.84 Å². The predicted octanol–water partition coefficient (Wildman–Crippen LogP) is 3.18. The summed E-state index contributed by atoms with van der Waals surface area (Å²) in [5.74, 6) is 1.13. The highest BCUT2D eigenvalue weighted by Crippen LogP contribution is 2.25. The van der Waals surface area contributed by atoms with Gasteiger partial charge in [-0.1, -0.05) is 48.8 Å². The molecule has 8 heteroatoms. The summed E-state index contributed by atoms with van der Waals surface area (Å²) in [5, 5.41) is 11.8. The number of aromatic amines is 1. The summed E-state index contributed by atoms with van der Waals surface area (Å²) in [6.45, 7) is 4.38. The minimum Gasteiger partial charge on any atom is -0.361 e. The number of aromatic nitrogens is 5. The van der Waals surface area contributed by atoms with Gasteiger partial charge in [0.1, 0.15) is 17.0 Å². The number of anilines is 1. The SMILES string of the molecule is CCCc1nn(C)c2c(=O)[nH]c(NCc3c(-c4ccccc4)noc3C)nc12. The maximum absolute atomic E-state index is 12.5. The van der Waals surface area contributed by atoms with Crippen LogP contribution in [0.25, 0.3) is 22.3 Å². The van der Waals surface area contributed by atoms with E-state index in [1.54, 1.807) is 11.7 Å². The number of rotatable bonds is 6. The Bertz CT molecular complexity index is 1170. The lowest BCUT2D eigenvalue weighted by Gasteiger charge is -2.07. The molecule has 2 N–H and O–H groups in total. The smallest absolute Gasteiger partial charge is 0.278 e. The fourth-order valence-corrected chi connectivity index (χ4v) is 3.33. The third-order valence-electron chi connectivity index (χ3n) is 4.71. The summed E-state index contributed by atoms with van der Waals surface area (Å²) >= 11 is 0. The molecule has 0 fully saturated rings. The Hall–Kier alpha value is -3.42. The van der Waals surface area contributed by atoms with Crippen LogP contribution >= 0.6 is 0 Å². The molecule has 0 spiro atoms. The molecule has 0 aliphatic rings. The predicted molar refractivity (Wildman–Crippen MR) is 107 cm³/mol. The van der Waals surface area contributed by atoms with E-state index in [4.69, 9.17) is 4.52 Å². The zero-order valence-electron chi connectivity index (χ0n) is 16.1. The van der Waals surface area contributed by atoms with E-state index in [2.05, 4.69) is 32.5 Å². The van der Waals surface area contributed by atoms with Crippen LogP contribution in [0.5, 0.6) is 0 Å². The fraction of sp³-hybridized carbons (Fsp3) is 0.300. The number of nitrogens with zero attached hydrogens (tertiary/aromatic N) is 4. The van der Waals surface area contributed by atoms with Crippen molar-refractivity contribution >= 4 is 17.0 Å². The number of H-pyrrole nitrogens is 1. The van der Waals surface area contributed by atoms with Crippen LogP contribution in [-0.4, -0.2) is 24.9 Å². The molecule has 4 aromatic rings. The van der Waals surface area contributed by atoms with Crippen molar-refractivity contribution in [2.45, 2.75) is 33.2 Å². The lowest BCUT2D eigenvalue weighted by atomic mass is 10.1. The molecule has 0 saturated carbocycles. The highest BCUT2D eigenvalue weighted by atomic mass is 16.5. The molecule has 0 aliphatic heterocycles. The van der Waals surface area contributed by atoms with Gasteiger partial charge in [-0.3, -0.25) is 14.5 Å². The van der Waals surface area contributed by atoms with Crippen LogP contribution in [0.15, 0.2) is 39.6 Å². The van der Waals surface area contributed by atoms with Crippen molar-refractivity contribution in [3.63, 3.8) is 0 Å². The van der Waals surface area contributed by atoms with Crippen LogP contribution in [0.1, 0.15) is 30.4 Å². The van der Waals surface area contributed by atoms with Crippen LogP contribution in [0.3, 0.4) is 0 Å².